The SMILES string of the molecule is CN(C)c1ccc2ncc(Cc3ccc4ncccc4c3)n2n1. The van der Waals surface area contributed by atoms with Crippen molar-refractivity contribution in [2.75, 3.05) is 19.0 Å². The molecule has 4 aromatic rings. The summed E-state index contributed by atoms with van der Waals surface area (Å²) in [7, 11) is 3.97. The molecule has 0 N–H and O–H groups in total. The van der Waals surface area contributed by atoms with Crippen molar-refractivity contribution in [1.82, 2.24) is 19.6 Å². The molecule has 0 spiro atoms. The van der Waals surface area contributed by atoms with Crippen LogP contribution in [0.5, 0.6) is 0 Å². The van der Waals surface area contributed by atoms with E-state index in [1.54, 1.807) is 0 Å². The van der Waals surface area contributed by atoms with Gasteiger partial charge in [0.1, 0.15) is 5.82 Å². The molecule has 3 heterocycles. The van der Waals surface area contributed by atoms with Crippen LogP contribution < -0.4 is 4.90 Å². The van der Waals surface area contributed by atoms with E-state index in [1.807, 2.05) is 54.1 Å². The van der Waals surface area contributed by atoms with Gasteiger partial charge >= 0.3 is 0 Å². The third kappa shape index (κ3) is 2.50. The zero-order valence-electron chi connectivity index (χ0n) is 13.1. The molecule has 3 aromatic heterocycles. The van der Waals surface area contributed by atoms with Crippen molar-refractivity contribution in [1.29, 1.82) is 0 Å². The van der Waals surface area contributed by atoms with Crippen LogP contribution in [0.4, 0.5) is 5.82 Å². The average molecular weight is 303 g/mol. The highest BCUT2D eigenvalue weighted by Gasteiger charge is 2.08. The summed E-state index contributed by atoms with van der Waals surface area (Å²) in [6.45, 7) is 0. The predicted octanol–water partition coefficient (Wildman–Crippen LogP) is 2.93. The maximum atomic E-state index is 4.66. The third-order valence-corrected chi connectivity index (χ3v) is 3.93. The first-order valence-electron chi connectivity index (χ1n) is 7.55. The van der Waals surface area contributed by atoms with Crippen molar-refractivity contribution < 1.29 is 0 Å². The molecule has 114 valence electrons. The molecule has 4 rings (SSSR count). The minimum Gasteiger partial charge on any atom is -0.361 e. The lowest BCUT2D eigenvalue weighted by atomic mass is 10.1. The number of fused-ring (bicyclic) bond motifs is 2. The molecule has 0 amide bonds. The summed E-state index contributed by atoms with van der Waals surface area (Å²) in [6.07, 6.45) is 4.50. The van der Waals surface area contributed by atoms with Gasteiger partial charge in [-0.15, -0.1) is 5.10 Å². The quantitative estimate of drug-likeness (QED) is 0.584. The first kappa shape index (κ1) is 13.7. The maximum absolute atomic E-state index is 4.66. The molecule has 0 aliphatic rings. The number of rotatable bonds is 3. The maximum Gasteiger partial charge on any atom is 0.153 e. The first-order valence-corrected chi connectivity index (χ1v) is 7.55. The predicted molar refractivity (Wildman–Crippen MR) is 91.9 cm³/mol. The zero-order valence-corrected chi connectivity index (χ0v) is 13.1. The Morgan fingerprint density at radius 1 is 1.04 bits per heavy atom. The highest BCUT2D eigenvalue weighted by Crippen LogP contribution is 2.18. The van der Waals surface area contributed by atoms with E-state index in [0.717, 1.165) is 34.5 Å². The largest absolute Gasteiger partial charge is 0.361 e. The van der Waals surface area contributed by atoms with Crippen LogP contribution in [0, 0.1) is 0 Å². The Bertz CT molecular complexity index is 987. The van der Waals surface area contributed by atoms with Gasteiger partial charge in [-0.25, -0.2) is 9.50 Å². The Labute approximate surface area is 134 Å². The molecule has 0 bridgehead atoms. The number of hydrogen-bond donors (Lipinski definition) is 0. The van der Waals surface area contributed by atoms with Gasteiger partial charge in [-0.1, -0.05) is 12.1 Å². The Morgan fingerprint density at radius 3 is 2.83 bits per heavy atom. The lowest BCUT2D eigenvalue weighted by Crippen LogP contribution is -2.12. The molecule has 0 saturated carbocycles. The Morgan fingerprint density at radius 2 is 1.96 bits per heavy atom. The van der Waals surface area contributed by atoms with Gasteiger partial charge in [0.15, 0.2) is 5.65 Å². The van der Waals surface area contributed by atoms with Gasteiger partial charge in [-0.2, -0.15) is 0 Å². The van der Waals surface area contributed by atoms with Crippen LogP contribution in [0.1, 0.15) is 11.3 Å². The molecular formula is C18H17N5. The van der Waals surface area contributed by atoms with Crippen LogP contribution >= 0.6 is 0 Å². The summed E-state index contributed by atoms with van der Waals surface area (Å²) in [6, 6.07) is 14.4. The van der Waals surface area contributed by atoms with Crippen molar-refractivity contribution in [2.45, 2.75) is 6.42 Å². The van der Waals surface area contributed by atoms with Crippen molar-refractivity contribution in [3.8, 4) is 0 Å². The molecule has 0 saturated heterocycles. The number of imidazole rings is 1. The van der Waals surface area contributed by atoms with Gasteiger partial charge in [0, 0.05) is 32.1 Å². The van der Waals surface area contributed by atoms with Crippen molar-refractivity contribution in [3.05, 3.63) is 66.1 Å². The van der Waals surface area contributed by atoms with Crippen molar-refractivity contribution in [3.63, 3.8) is 0 Å². The van der Waals surface area contributed by atoms with E-state index in [1.165, 1.54) is 5.56 Å². The molecule has 23 heavy (non-hydrogen) atoms. The van der Waals surface area contributed by atoms with E-state index < -0.39 is 0 Å². The van der Waals surface area contributed by atoms with Crippen molar-refractivity contribution >= 4 is 22.4 Å². The summed E-state index contributed by atoms with van der Waals surface area (Å²) in [5, 5.41) is 5.81. The number of anilines is 1. The van der Waals surface area contributed by atoms with Gasteiger partial charge in [0.05, 0.1) is 17.4 Å². The lowest BCUT2D eigenvalue weighted by molar-refractivity contribution is 0.853. The van der Waals surface area contributed by atoms with Gasteiger partial charge in [-0.3, -0.25) is 4.98 Å². The standard InChI is InChI=1S/C18H17N5/c1-22(2)18-8-7-17-20-12-15(23(17)21-18)11-13-5-6-16-14(10-13)4-3-9-19-16/h3-10,12H,11H2,1-2H3. The second kappa shape index (κ2) is 5.35. The van der Waals surface area contributed by atoms with Gasteiger partial charge < -0.3 is 4.90 Å². The highest BCUT2D eigenvalue weighted by molar-refractivity contribution is 5.79. The van der Waals surface area contributed by atoms with Crippen LogP contribution in [0.2, 0.25) is 0 Å². The second-order valence-corrected chi connectivity index (χ2v) is 5.81. The highest BCUT2D eigenvalue weighted by atomic mass is 15.3. The van der Waals surface area contributed by atoms with Crippen LogP contribution in [-0.4, -0.2) is 33.7 Å². The molecule has 5 heteroatoms. The van der Waals surface area contributed by atoms with E-state index >= 15 is 0 Å². The molecular weight excluding hydrogens is 286 g/mol. The minimum atomic E-state index is 0.788. The zero-order chi connectivity index (χ0) is 15.8. The number of aromatic nitrogens is 4. The summed E-state index contributed by atoms with van der Waals surface area (Å²) < 4.78 is 1.92. The van der Waals surface area contributed by atoms with E-state index in [0.29, 0.717) is 0 Å². The smallest absolute Gasteiger partial charge is 0.153 e. The number of pyridine rings is 1. The summed E-state index contributed by atoms with van der Waals surface area (Å²) in [5.41, 5.74) is 4.19. The van der Waals surface area contributed by atoms with Gasteiger partial charge in [0.25, 0.3) is 0 Å². The lowest BCUT2D eigenvalue weighted by Gasteiger charge is -2.11. The van der Waals surface area contributed by atoms with Crippen molar-refractivity contribution in [2.24, 2.45) is 0 Å². The van der Waals surface area contributed by atoms with E-state index in [4.69, 9.17) is 0 Å². The Balaban J connectivity index is 1.74. The van der Waals surface area contributed by atoms with Crippen LogP contribution in [0.15, 0.2) is 54.9 Å². The Hall–Kier alpha value is -2.95. The second-order valence-electron chi connectivity index (χ2n) is 5.81. The molecule has 0 unspecified atom stereocenters. The van der Waals surface area contributed by atoms with E-state index in [2.05, 4.69) is 39.3 Å². The molecule has 0 aliphatic carbocycles. The molecule has 0 aliphatic heterocycles. The molecule has 0 fully saturated rings. The van der Waals surface area contributed by atoms with E-state index in [-0.39, 0.29) is 0 Å². The van der Waals surface area contributed by atoms with Gasteiger partial charge in [-0.05, 0) is 35.9 Å². The first-order chi connectivity index (χ1) is 11.2. The number of benzene rings is 1. The number of nitrogens with zero attached hydrogens (tertiary/aromatic N) is 5. The topological polar surface area (TPSA) is 46.3 Å². The summed E-state index contributed by atoms with van der Waals surface area (Å²) in [5.74, 6) is 0.916. The molecule has 0 atom stereocenters. The molecule has 5 nitrogen and oxygen atoms in total. The van der Waals surface area contributed by atoms with Crippen LogP contribution in [0.25, 0.3) is 16.6 Å². The molecule has 0 radical (unpaired) electrons. The van der Waals surface area contributed by atoms with Gasteiger partial charge in [0.2, 0.25) is 0 Å². The monoisotopic (exact) mass is 303 g/mol. The van der Waals surface area contributed by atoms with Crippen LogP contribution in [0.3, 0.4) is 0 Å². The van der Waals surface area contributed by atoms with Crippen LogP contribution in [-0.2, 0) is 6.42 Å². The summed E-state index contributed by atoms with van der Waals surface area (Å²) in [4.78, 5) is 10.8. The number of hydrogen-bond acceptors (Lipinski definition) is 4. The average Bonchev–Trinajstić information content (AvgIpc) is 2.97. The Kier molecular flexibility index (Phi) is 3.19. The third-order valence-electron chi connectivity index (χ3n) is 3.93. The minimum absolute atomic E-state index is 0.788. The summed E-state index contributed by atoms with van der Waals surface area (Å²) >= 11 is 0. The fraction of sp³-hybridized carbons (Fsp3) is 0.167. The normalized spacial score (nSPS) is 11.2. The fourth-order valence-electron chi connectivity index (χ4n) is 2.71. The fourth-order valence-corrected chi connectivity index (χ4v) is 2.71. The van der Waals surface area contributed by atoms with E-state index in [9.17, 15) is 0 Å². The molecule has 1 aromatic carbocycles.